The first kappa shape index (κ1) is 21.7. The summed E-state index contributed by atoms with van der Waals surface area (Å²) in [6.07, 6.45) is 3.03. The molecule has 1 unspecified atom stereocenters. The third-order valence-corrected chi connectivity index (χ3v) is 1.92. The Labute approximate surface area is 136 Å². The van der Waals surface area contributed by atoms with Crippen LogP contribution < -0.4 is 11.1 Å². The van der Waals surface area contributed by atoms with Gasteiger partial charge in [-0.2, -0.15) is 0 Å². The maximum atomic E-state index is 10.3. The topological polar surface area (TPSA) is 75.3 Å². The molecule has 0 aliphatic carbocycles. The molecular formula is C9H22N2Na2O2. The van der Waals surface area contributed by atoms with E-state index in [2.05, 4.69) is 12.2 Å². The summed E-state index contributed by atoms with van der Waals surface area (Å²) < 4.78 is 0. The van der Waals surface area contributed by atoms with Gasteiger partial charge in [-0.3, -0.25) is 4.79 Å². The average Bonchev–Trinajstić information content (AvgIpc) is 2.09. The number of hydrogen-bond donors (Lipinski definition) is 3. The van der Waals surface area contributed by atoms with Gasteiger partial charge in [0.1, 0.15) is 0 Å². The predicted molar refractivity (Wildman–Crippen MR) is 66.9 cm³/mol. The van der Waals surface area contributed by atoms with Gasteiger partial charge in [0.05, 0.1) is 0 Å². The molecule has 0 radical (unpaired) electrons. The zero-order valence-corrected chi connectivity index (χ0v) is 8.25. The summed E-state index contributed by atoms with van der Waals surface area (Å²) in [7, 11) is 0. The van der Waals surface area contributed by atoms with Gasteiger partial charge >= 0.3 is 65.1 Å². The summed E-state index contributed by atoms with van der Waals surface area (Å²) in [6, 6.07) is 0.310. The number of rotatable bonds is 8. The monoisotopic (exact) mass is 236 g/mol. The van der Waals surface area contributed by atoms with E-state index in [1.165, 1.54) is 0 Å². The van der Waals surface area contributed by atoms with Crippen molar-refractivity contribution in [2.45, 2.75) is 38.6 Å². The Bertz CT molecular complexity index is 148. The summed E-state index contributed by atoms with van der Waals surface area (Å²) in [4.78, 5) is 10.3. The Kier molecular flexibility index (Phi) is 22.2. The minimum atomic E-state index is -0.726. The first-order chi connectivity index (χ1) is 6.20. The molecule has 0 aromatic rings. The Balaban J connectivity index is -0.000000720. The van der Waals surface area contributed by atoms with Crippen molar-refractivity contribution in [2.75, 3.05) is 13.1 Å². The summed E-state index contributed by atoms with van der Waals surface area (Å²) in [6.45, 7) is 3.47. The third kappa shape index (κ3) is 15.4. The fourth-order valence-electron chi connectivity index (χ4n) is 1.28. The molecule has 0 heterocycles. The maximum absolute atomic E-state index is 10.3. The number of carboxylic acids is 1. The summed E-state index contributed by atoms with van der Waals surface area (Å²) in [5, 5.41) is 11.7. The van der Waals surface area contributed by atoms with Crippen molar-refractivity contribution in [3.05, 3.63) is 0 Å². The van der Waals surface area contributed by atoms with E-state index < -0.39 is 5.97 Å². The van der Waals surface area contributed by atoms with E-state index in [1.807, 2.05) is 0 Å². The van der Waals surface area contributed by atoms with Crippen LogP contribution in [0.3, 0.4) is 0 Å². The van der Waals surface area contributed by atoms with Gasteiger partial charge in [-0.25, -0.2) is 0 Å². The van der Waals surface area contributed by atoms with Crippen molar-refractivity contribution in [1.29, 1.82) is 0 Å². The molecule has 4 nitrogen and oxygen atoms in total. The Morgan fingerprint density at radius 2 is 2.00 bits per heavy atom. The molecule has 0 aliphatic heterocycles. The molecule has 0 rings (SSSR count). The van der Waals surface area contributed by atoms with Crippen molar-refractivity contribution in [1.82, 2.24) is 5.32 Å². The van der Waals surface area contributed by atoms with E-state index in [0.717, 1.165) is 19.4 Å². The average molecular weight is 236 g/mol. The molecule has 0 aromatic heterocycles. The van der Waals surface area contributed by atoms with E-state index in [-0.39, 0.29) is 65.5 Å². The molecule has 15 heavy (non-hydrogen) atoms. The number of hydrogen-bond acceptors (Lipinski definition) is 3. The molecule has 82 valence electrons. The molecule has 0 aliphatic rings. The van der Waals surface area contributed by atoms with Crippen LogP contribution in [0.15, 0.2) is 0 Å². The second-order valence-corrected chi connectivity index (χ2v) is 3.16. The standard InChI is InChI=1S/C9H20N2O2.2Na.2H/c1-2-3-8(11-7-6-10)4-5-9(12)13;;;;/h8,11H,2-7,10H2,1H3,(H,12,13);;;;. The van der Waals surface area contributed by atoms with Crippen molar-refractivity contribution in [2.24, 2.45) is 5.73 Å². The first-order valence-corrected chi connectivity index (χ1v) is 4.86. The first-order valence-electron chi connectivity index (χ1n) is 4.86. The van der Waals surface area contributed by atoms with Crippen LogP contribution in [0.5, 0.6) is 0 Å². The number of nitrogens with two attached hydrogens (primary N) is 1. The van der Waals surface area contributed by atoms with E-state index in [1.54, 1.807) is 0 Å². The van der Waals surface area contributed by atoms with Crippen molar-refractivity contribution in [3.8, 4) is 0 Å². The van der Waals surface area contributed by atoms with Gasteiger partial charge in [-0.1, -0.05) is 13.3 Å². The van der Waals surface area contributed by atoms with E-state index in [4.69, 9.17) is 10.8 Å². The minimum absolute atomic E-state index is 0. The normalized spacial score (nSPS) is 11.1. The van der Waals surface area contributed by atoms with Crippen LogP contribution in [0.2, 0.25) is 0 Å². The number of aliphatic carboxylic acids is 1. The fraction of sp³-hybridized carbons (Fsp3) is 0.889. The van der Waals surface area contributed by atoms with Crippen molar-refractivity contribution >= 4 is 65.1 Å². The number of carbonyl (C=O) groups is 1. The molecule has 0 saturated carbocycles. The van der Waals surface area contributed by atoms with E-state index in [9.17, 15) is 4.79 Å². The van der Waals surface area contributed by atoms with Gasteiger partial charge in [-0.15, -0.1) is 0 Å². The van der Waals surface area contributed by atoms with Crippen LogP contribution in [0.1, 0.15) is 32.6 Å². The molecule has 6 heteroatoms. The molecule has 0 aromatic carbocycles. The molecule has 1 atom stereocenters. The quantitative estimate of drug-likeness (QED) is 0.486. The second kappa shape index (κ2) is 15.4. The van der Waals surface area contributed by atoms with Crippen LogP contribution >= 0.6 is 0 Å². The van der Waals surface area contributed by atoms with E-state index >= 15 is 0 Å². The summed E-state index contributed by atoms with van der Waals surface area (Å²) >= 11 is 0. The SMILES string of the molecule is CCCC(CCC(=O)O)NCCN.[NaH].[NaH]. The summed E-state index contributed by atoms with van der Waals surface area (Å²) in [5.41, 5.74) is 5.35. The fourth-order valence-corrected chi connectivity index (χ4v) is 1.28. The van der Waals surface area contributed by atoms with Gasteiger partial charge in [-0.05, 0) is 12.8 Å². The Hall–Kier alpha value is 1.39. The molecule has 0 amide bonds. The molecule has 0 saturated heterocycles. The molecule has 4 N–H and O–H groups in total. The molecule has 0 spiro atoms. The third-order valence-electron chi connectivity index (χ3n) is 1.92. The van der Waals surface area contributed by atoms with Crippen LogP contribution in [0.25, 0.3) is 0 Å². The zero-order chi connectivity index (χ0) is 10.1. The van der Waals surface area contributed by atoms with E-state index in [0.29, 0.717) is 19.0 Å². The Morgan fingerprint density at radius 3 is 2.40 bits per heavy atom. The van der Waals surface area contributed by atoms with Crippen LogP contribution in [-0.4, -0.2) is 89.3 Å². The summed E-state index contributed by atoms with van der Waals surface area (Å²) in [5.74, 6) is -0.726. The molecule has 0 bridgehead atoms. The van der Waals surface area contributed by atoms with Crippen LogP contribution in [-0.2, 0) is 4.79 Å². The van der Waals surface area contributed by atoms with Crippen molar-refractivity contribution < 1.29 is 9.90 Å². The second-order valence-electron chi connectivity index (χ2n) is 3.16. The number of nitrogens with one attached hydrogen (secondary N) is 1. The predicted octanol–water partition coefficient (Wildman–Crippen LogP) is -0.729. The molecular weight excluding hydrogens is 214 g/mol. The van der Waals surface area contributed by atoms with Gasteiger partial charge in [0.25, 0.3) is 0 Å². The number of carboxylic acid groups (broad SMARTS) is 1. The van der Waals surface area contributed by atoms with Gasteiger partial charge in [0.15, 0.2) is 0 Å². The molecule has 0 fully saturated rings. The van der Waals surface area contributed by atoms with Crippen LogP contribution in [0.4, 0.5) is 0 Å². The van der Waals surface area contributed by atoms with Crippen molar-refractivity contribution in [3.63, 3.8) is 0 Å². The van der Waals surface area contributed by atoms with Gasteiger partial charge in [0, 0.05) is 25.6 Å². The van der Waals surface area contributed by atoms with Gasteiger partial charge < -0.3 is 16.2 Å². The Morgan fingerprint density at radius 1 is 1.40 bits per heavy atom. The van der Waals surface area contributed by atoms with Gasteiger partial charge in [0.2, 0.25) is 0 Å². The van der Waals surface area contributed by atoms with Crippen LogP contribution in [0, 0.1) is 0 Å². The zero-order valence-electron chi connectivity index (χ0n) is 8.25.